The van der Waals surface area contributed by atoms with E-state index in [2.05, 4.69) is 26.3 Å². The maximum Gasteiger partial charge on any atom is 0.283 e. The third-order valence-electron chi connectivity index (χ3n) is 3.39. The van der Waals surface area contributed by atoms with Crippen LogP contribution in [0, 0.1) is 0 Å². The van der Waals surface area contributed by atoms with E-state index in [4.69, 9.17) is 0 Å². The number of hydrogen-bond acceptors (Lipinski definition) is 5. The number of nitrogens with zero attached hydrogens (tertiary/aromatic N) is 2. The summed E-state index contributed by atoms with van der Waals surface area (Å²) in [5, 5.41) is 26.0. The van der Waals surface area contributed by atoms with Gasteiger partial charge in [-0.15, -0.1) is 0 Å². The Bertz CT molecular complexity index is 478. The first-order chi connectivity index (χ1) is 9.53. The van der Waals surface area contributed by atoms with Gasteiger partial charge in [0.05, 0.1) is 30.6 Å². The lowest BCUT2D eigenvalue weighted by molar-refractivity contribution is 0.132. The largest absolute Gasteiger partial charge is 0.394 e. The number of aliphatic hydroxyl groups is 2. The van der Waals surface area contributed by atoms with Gasteiger partial charge in [0.25, 0.3) is 5.56 Å². The summed E-state index contributed by atoms with van der Waals surface area (Å²) in [4.78, 5) is 12.1. The van der Waals surface area contributed by atoms with Crippen LogP contribution in [0.5, 0.6) is 0 Å². The highest BCUT2D eigenvalue weighted by molar-refractivity contribution is 9.10. The van der Waals surface area contributed by atoms with E-state index >= 15 is 0 Å². The van der Waals surface area contributed by atoms with Crippen LogP contribution in [0.4, 0.5) is 5.69 Å². The SMILES string of the molecule is CCCCn1ncc(NC(CC)(CO)CO)c(Br)c1=O. The van der Waals surface area contributed by atoms with Crippen molar-refractivity contribution in [2.45, 2.75) is 45.2 Å². The molecular formula is C13H22BrN3O3. The molecule has 1 aromatic rings. The van der Waals surface area contributed by atoms with Gasteiger partial charge in [0.1, 0.15) is 4.47 Å². The topological polar surface area (TPSA) is 87.4 Å². The second-order valence-electron chi connectivity index (χ2n) is 4.83. The average molecular weight is 348 g/mol. The van der Waals surface area contributed by atoms with E-state index in [0.717, 1.165) is 12.8 Å². The van der Waals surface area contributed by atoms with E-state index in [0.29, 0.717) is 23.1 Å². The summed E-state index contributed by atoms with van der Waals surface area (Å²) in [6, 6.07) is 0. The molecule has 0 aliphatic heterocycles. The highest BCUT2D eigenvalue weighted by Gasteiger charge is 2.27. The lowest BCUT2D eigenvalue weighted by Gasteiger charge is -2.31. The van der Waals surface area contributed by atoms with Gasteiger partial charge < -0.3 is 15.5 Å². The predicted octanol–water partition coefficient (Wildman–Crippen LogP) is 1.35. The number of anilines is 1. The minimum Gasteiger partial charge on any atom is -0.394 e. The van der Waals surface area contributed by atoms with Crippen LogP contribution in [0.25, 0.3) is 0 Å². The highest BCUT2D eigenvalue weighted by Crippen LogP contribution is 2.22. The monoisotopic (exact) mass is 347 g/mol. The zero-order chi connectivity index (χ0) is 15.2. The number of aliphatic hydroxyl groups excluding tert-OH is 2. The van der Waals surface area contributed by atoms with Crippen molar-refractivity contribution in [1.29, 1.82) is 0 Å². The maximum atomic E-state index is 12.1. The highest BCUT2D eigenvalue weighted by atomic mass is 79.9. The van der Waals surface area contributed by atoms with Crippen LogP contribution in [0.3, 0.4) is 0 Å². The number of hydrogen-bond donors (Lipinski definition) is 3. The van der Waals surface area contributed by atoms with Gasteiger partial charge in [0, 0.05) is 6.54 Å². The summed E-state index contributed by atoms with van der Waals surface area (Å²) in [7, 11) is 0. The van der Waals surface area contributed by atoms with E-state index < -0.39 is 5.54 Å². The zero-order valence-electron chi connectivity index (χ0n) is 11.9. The summed E-state index contributed by atoms with van der Waals surface area (Å²) >= 11 is 3.26. The molecule has 0 saturated heterocycles. The molecule has 1 rings (SSSR count). The fourth-order valence-electron chi connectivity index (χ4n) is 1.75. The molecule has 0 aromatic carbocycles. The van der Waals surface area contributed by atoms with Gasteiger partial charge in [0.15, 0.2) is 0 Å². The first-order valence-electron chi connectivity index (χ1n) is 6.79. The van der Waals surface area contributed by atoms with Crippen LogP contribution in [0.1, 0.15) is 33.1 Å². The van der Waals surface area contributed by atoms with Crippen LogP contribution >= 0.6 is 15.9 Å². The van der Waals surface area contributed by atoms with E-state index in [9.17, 15) is 15.0 Å². The van der Waals surface area contributed by atoms with E-state index in [1.54, 1.807) is 0 Å². The summed E-state index contributed by atoms with van der Waals surface area (Å²) in [6.45, 7) is 4.02. The Hall–Kier alpha value is -0.920. The maximum absolute atomic E-state index is 12.1. The average Bonchev–Trinajstić information content (AvgIpc) is 2.48. The number of aryl methyl sites for hydroxylation is 1. The minimum absolute atomic E-state index is 0.218. The number of aromatic nitrogens is 2. The van der Waals surface area contributed by atoms with Gasteiger partial charge in [0.2, 0.25) is 0 Å². The smallest absolute Gasteiger partial charge is 0.283 e. The Kier molecular flexibility index (Phi) is 6.64. The molecule has 0 radical (unpaired) electrons. The molecule has 0 aliphatic rings. The molecule has 0 aliphatic carbocycles. The molecule has 1 heterocycles. The molecule has 3 N–H and O–H groups in total. The van der Waals surface area contributed by atoms with Crippen molar-refractivity contribution in [3.8, 4) is 0 Å². The predicted molar refractivity (Wildman–Crippen MR) is 81.9 cm³/mol. The second-order valence-corrected chi connectivity index (χ2v) is 5.62. The molecule has 20 heavy (non-hydrogen) atoms. The van der Waals surface area contributed by atoms with Crippen molar-refractivity contribution in [3.05, 3.63) is 21.0 Å². The van der Waals surface area contributed by atoms with Crippen LogP contribution in [0.15, 0.2) is 15.5 Å². The van der Waals surface area contributed by atoms with Crippen molar-refractivity contribution in [2.24, 2.45) is 0 Å². The number of rotatable bonds is 8. The molecule has 0 unspecified atom stereocenters. The Morgan fingerprint density at radius 3 is 2.55 bits per heavy atom. The van der Waals surface area contributed by atoms with Gasteiger partial charge in [-0.2, -0.15) is 5.10 Å². The molecular weight excluding hydrogens is 326 g/mol. The van der Waals surface area contributed by atoms with Gasteiger partial charge in [-0.05, 0) is 28.8 Å². The Balaban J connectivity index is 3.03. The van der Waals surface area contributed by atoms with Crippen molar-refractivity contribution < 1.29 is 10.2 Å². The van der Waals surface area contributed by atoms with Crippen LogP contribution in [-0.4, -0.2) is 38.7 Å². The molecule has 114 valence electrons. The normalized spacial score (nSPS) is 11.7. The fourth-order valence-corrected chi connectivity index (χ4v) is 2.15. The Labute approximate surface area is 127 Å². The molecule has 1 aromatic heterocycles. The summed E-state index contributed by atoms with van der Waals surface area (Å²) in [5.74, 6) is 0. The molecule has 0 bridgehead atoms. The third-order valence-corrected chi connectivity index (χ3v) is 4.16. The quantitative estimate of drug-likeness (QED) is 0.660. The third kappa shape index (κ3) is 3.80. The second kappa shape index (κ2) is 7.75. The Morgan fingerprint density at radius 1 is 1.40 bits per heavy atom. The van der Waals surface area contributed by atoms with E-state index in [1.807, 2.05) is 13.8 Å². The fraction of sp³-hybridized carbons (Fsp3) is 0.692. The first-order valence-corrected chi connectivity index (χ1v) is 7.58. The summed E-state index contributed by atoms with van der Waals surface area (Å²) in [6.07, 6.45) is 3.93. The van der Waals surface area contributed by atoms with E-state index in [-0.39, 0.29) is 18.8 Å². The van der Waals surface area contributed by atoms with Crippen molar-refractivity contribution in [3.63, 3.8) is 0 Å². The zero-order valence-corrected chi connectivity index (χ0v) is 13.5. The number of halogens is 1. The summed E-state index contributed by atoms with van der Waals surface area (Å²) in [5.41, 5.74) is -0.594. The molecule has 0 saturated carbocycles. The van der Waals surface area contributed by atoms with Crippen LogP contribution in [0.2, 0.25) is 0 Å². The van der Waals surface area contributed by atoms with Crippen LogP contribution < -0.4 is 10.9 Å². The van der Waals surface area contributed by atoms with Crippen molar-refractivity contribution in [2.75, 3.05) is 18.5 Å². The minimum atomic E-state index is -0.855. The van der Waals surface area contributed by atoms with E-state index in [1.165, 1.54) is 10.9 Å². The van der Waals surface area contributed by atoms with Gasteiger partial charge in [-0.3, -0.25) is 4.79 Å². The molecule has 6 nitrogen and oxygen atoms in total. The number of unbranched alkanes of at least 4 members (excludes halogenated alkanes) is 1. The Morgan fingerprint density at radius 2 is 2.05 bits per heavy atom. The first kappa shape index (κ1) is 17.1. The lowest BCUT2D eigenvalue weighted by atomic mass is 9.98. The van der Waals surface area contributed by atoms with Gasteiger partial charge in [-0.1, -0.05) is 20.3 Å². The van der Waals surface area contributed by atoms with Gasteiger partial charge >= 0.3 is 0 Å². The molecule has 0 spiro atoms. The van der Waals surface area contributed by atoms with Crippen LogP contribution in [-0.2, 0) is 6.54 Å². The molecule has 0 atom stereocenters. The number of nitrogens with one attached hydrogen (secondary N) is 1. The molecule has 7 heteroatoms. The van der Waals surface area contributed by atoms with Gasteiger partial charge in [-0.25, -0.2) is 4.68 Å². The lowest BCUT2D eigenvalue weighted by Crippen LogP contribution is -2.45. The summed E-state index contributed by atoms with van der Waals surface area (Å²) < 4.78 is 1.77. The molecule has 0 amide bonds. The van der Waals surface area contributed by atoms with Crippen molar-refractivity contribution in [1.82, 2.24) is 9.78 Å². The van der Waals surface area contributed by atoms with Crippen molar-refractivity contribution >= 4 is 21.6 Å². The molecule has 0 fully saturated rings. The standard InChI is InChI=1S/C13H22BrN3O3/c1-3-5-6-17-12(20)11(14)10(7-15-17)16-13(4-2,8-18)9-19/h7,16,18-19H,3-6,8-9H2,1-2H3.